The number of hydrogen-bond donors (Lipinski definition) is 1. The summed E-state index contributed by atoms with van der Waals surface area (Å²) >= 11 is 1.27. The number of carbonyl (C=O) groups excluding carboxylic acids is 2. The summed E-state index contributed by atoms with van der Waals surface area (Å²) < 4.78 is 5.51. The number of nitrogens with one attached hydrogen (secondary N) is 1. The van der Waals surface area contributed by atoms with Crippen molar-refractivity contribution in [3.05, 3.63) is 48.5 Å². The Balaban J connectivity index is 1.82. The summed E-state index contributed by atoms with van der Waals surface area (Å²) in [6.45, 7) is 2.38. The zero-order chi connectivity index (χ0) is 17.1. The second-order valence-electron chi connectivity index (χ2n) is 5.28. The van der Waals surface area contributed by atoms with Gasteiger partial charge in [0, 0.05) is 11.9 Å². The largest absolute Gasteiger partial charge is 0.492 e. The fourth-order valence-corrected chi connectivity index (χ4v) is 3.68. The molecule has 2 aromatic carbocycles. The Morgan fingerprint density at radius 1 is 1.21 bits per heavy atom. The smallest absolute Gasteiger partial charge is 0.249 e. The zero-order valence-electron chi connectivity index (χ0n) is 13.5. The van der Waals surface area contributed by atoms with Crippen LogP contribution in [0.5, 0.6) is 5.75 Å². The van der Waals surface area contributed by atoms with Crippen molar-refractivity contribution in [3.63, 3.8) is 0 Å². The predicted octanol–water partition coefficient (Wildman–Crippen LogP) is 3.16. The zero-order valence-corrected chi connectivity index (χ0v) is 14.3. The third-order valence-corrected chi connectivity index (χ3v) is 4.96. The lowest BCUT2D eigenvalue weighted by molar-refractivity contribution is -0.124. The lowest BCUT2D eigenvalue weighted by Gasteiger charge is -2.30. The van der Waals surface area contributed by atoms with E-state index in [1.165, 1.54) is 16.7 Å². The van der Waals surface area contributed by atoms with Crippen LogP contribution in [0.1, 0.15) is 6.92 Å². The van der Waals surface area contributed by atoms with E-state index in [0.717, 1.165) is 10.6 Å². The summed E-state index contributed by atoms with van der Waals surface area (Å²) in [7, 11) is 1.69. The lowest BCUT2D eigenvalue weighted by atomic mass is 10.2. The first-order valence-corrected chi connectivity index (χ1v) is 8.55. The van der Waals surface area contributed by atoms with Crippen LogP contribution in [-0.4, -0.2) is 30.7 Å². The van der Waals surface area contributed by atoms with Crippen molar-refractivity contribution in [2.75, 3.05) is 23.9 Å². The van der Waals surface area contributed by atoms with E-state index in [1.807, 2.05) is 43.3 Å². The molecule has 0 spiro atoms. The van der Waals surface area contributed by atoms with Crippen molar-refractivity contribution in [1.82, 2.24) is 0 Å². The van der Waals surface area contributed by atoms with Crippen LogP contribution in [0.25, 0.3) is 0 Å². The average Bonchev–Trinajstić information content (AvgIpc) is 2.60. The van der Waals surface area contributed by atoms with E-state index in [0.29, 0.717) is 18.0 Å². The first kappa shape index (κ1) is 16.4. The number of para-hydroxylation sites is 3. The Morgan fingerprint density at radius 2 is 1.92 bits per heavy atom. The van der Waals surface area contributed by atoms with Crippen molar-refractivity contribution in [2.24, 2.45) is 0 Å². The van der Waals surface area contributed by atoms with Gasteiger partial charge in [-0.15, -0.1) is 11.8 Å². The first-order chi connectivity index (χ1) is 11.6. The van der Waals surface area contributed by atoms with Crippen molar-refractivity contribution < 1.29 is 14.3 Å². The summed E-state index contributed by atoms with van der Waals surface area (Å²) in [4.78, 5) is 27.6. The SMILES string of the molecule is CCOc1ccccc1NC(=O)C1Sc2ccccc2N(C)C1=O. The molecule has 0 fully saturated rings. The van der Waals surface area contributed by atoms with E-state index in [9.17, 15) is 9.59 Å². The molecule has 6 heteroatoms. The number of amides is 2. The van der Waals surface area contributed by atoms with Crippen molar-refractivity contribution in [3.8, 4) is 5.75 Å². The second kappa shape index (κ2) is 6.97. The van der Waals surface area contributed by atoms with E-state index < -0.39 is 5.25 Å². The Kier molecular flexibility index (Phi) is 4.76. The quantitative estimate of drug-likeness (QED) is 0.867. The number of anilines is 2. The highest BCUT2D eigenvalue weighted by Gasteiger charge is 2.36. The van der Waals surface area contributed by atoms with E-state index in [1.54, 1.807) is 19.2 Å². The van der Waals surface area contributed by atoms with Crippen molar-refractivity contribution in [1.29, 1.82) is 0 Å². The van der Waals surface area contributed by atoms with Gasteiger partial charge in [-0.3, -0.25) is 9.59 Å². The Hall–Kier alpha value is -2.47. The monoisotopic (exact) mass is 342 g/mol. The molecule has 2 amide bonds. The molecule has 0 saturated heterocycles. The van der Waals surface area contributed by atoms with Gasteiger partial charge in [0.15, 0.2) is 5.25 Å². The van der Waals surface area contributed by atoms with Crippen LogP contribution in [0.2, 0.25) is 0 Å². The average molecular weight is 342 g/mol. The van der Waals surface area contributed by atoms with Gasteiger partial charge in [-0.05, 0) is 31.2 Å². The fourth-order valence-electron chi connectivity index (χ4n) is 2.52. The molecule has 1 aliphatic heterocycles. The van der Waals surface area contributed by atoms with Crippen LogP contribution < -0.4 is 15.0 Å². The minimum absolute atomic E-state index is 0.231. The molecular weight excluding hydrogens is 324 g/mol. The molecule has 1 N–H and O–H groups in total. The molecule has 0 aliphatic carbocycles. The number of thioether (sulfide) groups is 1. The summed E-state index contributed by atoms with van der Waals surface area (Å²) in [6, 6.07) is 14.8. The second-order valence-corrected chi connectivity index (χ2v) is 6.43. The standard InChI is InChI=1S/C18H18N2O3S/c1-3-23-14-10-6-4-8-12(14)19-17(21)16-18(22)20(2)13-9-5-7-11-15(13)24-16/h4-11,16H,3H2,1-2H3,(H,19,21). The van der Waals surface area contributed by atoms with Gasteiger partial charge in [-0.2, -0.15) is 0 Å². The van der Waals surface area contributed by atoms with Gasteiger partial charge in [0.25, 0.3) is 0 Å². The number of ether oxygens (including phenoxy) is 1. The number of benzene rings is 2. The van der Waals surface area contributed by atoms with Crippen LogP contribution >= 0.6 is 11.8 Å². The molecule has 0 bridgehead atoms. The topological polar surface area (TPSA) is 58.6 Å². The number of rotatable bonds is 4. The Morgan fingerprint density at radius 3 is 2.71 bits per heavy atom. The van der Waals surface area contributed by atoms with Crippen molar-refractivity contribution >= 4 is 35.0 Å². The van der Waals surface area contributed by atoms with E-state index in [4.69, 9.17) is 4.74 Å². The minimum Gasteiger partial charge on any atom is -0.492 e. The number of nitrogens with zero attached hydrogens (tertiary/aromatic N) is 1. The molecule has 3 rings (SSSR count). The molecule has 1 aliphatic rings. The molecule has 1 atom stereocenters. The van der Waals surface area contributed by atoms with E-state index in [-0.39, 0.29) is 11.8 Å². The molecule has 1 heterocycles. The maximum atomic E-state index is 12.7. The molecule has 0 aromatic heterocycles. The third kappa shape index (κ3) is 3.10. The highest BCUT2D eigenvalue weighted by molar-refractivity contribution is 8.01. The Bertz CT molecular complexity index is 778. The van der Waals surface area contributed by atoms with Gasteiger partial charge in [-0.25, -0.2) is 0 Å². The van der Waals surface area contributed by atoms with E-state index in [2.05, 4.69) is 5.32 Å². The molecule has 5 nitrogen and oxygen atoms in total. The predicted molar refractivity (Wildman–Crippen MR) is 95.7 cm³/mol. The van der Waals surface area contributed by atoms with Gasteiger partial charge in [-0.1, -0.05) is 24.3 Å². The van der Waals surface area contributed by atoms with Gasteiger partial charge < -0.3 is 15.0 Å². The molecule has 124 valence electrons. The third-order valence-electron chi connectivity index (χ3n) is 3.71. The molecule has 0 saturated carbocycles. The number of fused-ring (bicyclic) bond motifs is 1. The Labute approximate surface area is 145 Å². The van der Waals surface area contributed by atoms with Crippen LogP contribution in [0.15, 0.2) is 53.4 Å². The van der Waals surface area contributed by atoms with Crippen LogP contribution in [0.4, 0.5) is 11.4 Å². The molecule has 24 heavy (non-hydrogen) atoms. The number of carbonyl (C=O) groups is 2. The minimum atomic E-state index is -0.820. The highest BCUT2D eigenvalue weighted by Crippen LogP contribution is 2.39. The summed E-state index contributed by atoms with van der Waals surface area (Å²) in [6.07, 6.45) is 0. The van der Waals surface area contributed by atoms with Crippen LogP contribution in [0, 0.1) is 0 Å². The van der Waals surface area contributed by atoms with Gasteiger partial charge in [0.1, 0.15) is 5.75 Å². The molecule has 1 unspecified atom stereocenters. The van der Waals surface area contributed by atoms with E-state index >= 15 is 0 Å². The highest BCUT2D eigenvalue weighted by atomic mass is 32.2. The van der Waals surface area contributed by atoms with Crippen LogP contribution in [0.3, 0.4) is 0 Å². The maximum Gasteiger partial charge on any atom is 0.249 e. The van der Waals surface area contributed by atoms with Crippen molar-refractivity contribution in [2.45, 2.75) is 17.1 Å². The number of hydrogen-bond acceptors (Lipinski definition) is 4. The lowest BCUT2D eigenvalue weighted by Crippen LogP contribution is -2.44. The molecular formula is C18H18N2O3S. The fraction of sp³-hybridized carbons (Fsp3) is 0.222. The summed E-state index contributed by atoms with van der Waals surface area (Å²) in [5, 5.41) is 1.99. The summed E-state index contributed by atoms with van der Waals surface area (Å²) in [5.41, 5.74) is 1.39. The normalized spacial score (nSPS) is 16.5. The molecule has 2 aromatic rings. The van der Waals surface area contributed by atoms with Gasteiger partial charge in [0.2, 0.25) is 11.8 Å². The molecule has 0 radical (unpaired) electrons. The summed E-state index contributed by atoms with van der Waals surface area (Å²) in [5.74, 6) is 0.0129. The van der Waals surface area contributed by atoms with Gasteiger partial charge >= 0.3 is 0 Å². The van der Waals surface area contributed by atoms with Gasteiger partial charge in [0.05, 0.1) is 18.0 Å². The maximum absolute atomic E-state index is 12.7. The van der Waals surface area contributed by atoms with Crippen LogP contribution in [-0.2, 0) is 9.59 Å². The first-order valence-electron chi connectivity index (χ1n) is 7.67.